The van der Waals surface area contributed by atoms with Gasteiger partial charge in [0.05, 0.1) is 16.3 Å². The van der Waals surface area contributed by atoms with Crippen LogP contribution in [0.15, 0.2) is 29.2 Å². The van der Waals surface area contributed by atoms with Gasteiger partial charge in [0.25, 0.3) is 0 Å². The number of anilines is 1. The first-order chi connectivity index (χ1) is 9.94. The average molecular weight is 309 g/mol. The molecule has 3 nitrogen and oxygen atoms in total. The summed E-state index contributed by atoms with van der Waals surface area (Å²) in [5, 5.41) is 3.51. The van der Waals surface area contributed by atoms with Crippen molar-refractivity contribution in [3.63, 3.8) is 0 Å². The predicted octanol–water partition coefficient (Wildman–Crippen LogP) is 4.11. The zero-order valence-corrected chi connectivity index (χ0v) is 14.1. The number of rotatable bonds is 5. The highest BCUT2D eigenvalue weighted by atomic mass is 32.2. The van der Waals surface area contributed by atoms with Crippen molar-refractivity contribution < 1.29 is 8.42 Å². The molecule has 4 heteroatoms. The Kier molecular flexibility index (Phi) is 5.31. The highest BCUT2D eigenvalue weighted by Crippen LogP contribution is 2.32. The molecule has 0 saturated heterocycles. The first-order valence-electron chi connectivity index (χ1n) is 8.02. The predicted molar refractivity (Wildman–Crippen MR) is 88.4 cm³/mol. The summed E-state index contributed by atoms with van der Waals surface area (Å²) in [5.74, 6) is 1.57. The van der Waals surface area contributed by atoms with Gasteiger partial charge in [0.2, 0.25) is 0 Å². The van der Waals surface area contributed by atoms with Crippen LogP contribution in [0.4, 0.5) is 5.69 Å². The fraction of sp³-hybridized carbons (Fsp3) is 0.647. The van der Waals surface area contributed by atoms with Gasteiger partial charge in [-0.2, -0.15) is 0 Å². The molecule has 1 N–H and O–H groups in total. The van der Waals surface area contributed by atoms with Crippen LogP contribution in [0.5, 0.6) is 0 Å². The lowest BCUT2D eigenvalue weighted by molar-refractivity contribution is 0.276. The fourth-order valence-corrected chi connectivity index (χ4v) is 4.82. The molecule has 0 bridgehead atoms. The molecular formula is C17H27NO2S. The maximum Gasteiger partial charge on any atom is 0.180 e. The third-order valence-corrected chi connectivity index (χ3v) is 6.44. The molecule has 0 radical (unpaired) electrons. The summed E-state index contributed by atoms with van der Waals surface area (Å²) >= 11 is 0. The van der Waals surface area contributed by atoms with Crippen LogP contribution in [0, 0.1) is 11.8 Å². The Morgan fingerprint density at radius 3 is 2.57 bits per heavy atom. The average Bonchev–Trinajstić information content (AvgIpc) is 2.42. The summed E-state index contributed by atoms with van der Waals surface area (Å²) in [7, 11) is -3.18. The van der Waals surface area contributed by atoms with Crippen molar-refractivity contribution in [2.75, 3.05) is 11.1 Å². The van der Waals surface area contributed by atoms with Crippen molar-refractivity contribution in [3.05, 3.63) is 24.3 Å². The van der Waals surface area contributed by atoms with Crippen LogP contribution in [0.1, 0.15) is 46.5 Å². The van der Waals surface area contributed by atoms with E-state index in [4.69, 9.17) is 0 Å². The minimum atomic E-state index is -3.18. The van der Waals surface area contributed by atoms with E-state index in [2.05, 4.69) is 19.2 Å². The van der Waals surface area contributed by atoms with Gasteiger partial charge in [0, 0.05) is 6.04 Å². The molecule has 0 spiro atoms. The summed E-state index contributed by atoms with van der Waals surface area (Å²) < 4.78 is 24.8. The second-order valence-corrected chi connectivity index (χ2v) is 8.54. The largest absolute Gasteiger partial charge is 0.381 e. The smallest absolute Gasteiger partial charge is 0.180 e. The monoisotopic (exact) mass is 309 g/mol. The van der Waals surface area contributed by atoms with Crippen LogP contribution in [-0.4, -0.2) is 20.2 Å². The van der Waals surface area contributed by atoms with E-state index in [0.717, 1.165) is 18.0 Å². The van der Waals surface area contributed by atoms with Crippen molar-refractivity contribution in [1.29, 1.82) is 0 Å². The zero-order valence-electron chi connectivity index (χ0n) is 13.3. The van der Waals surface area contributed by atoms with Crippen LogP contribution in [0.25, 0.3) is 0 Å². The first-order valence-corrected chi connectivity index (χ1v) is 9.67. The number of sulfone groups is 1. The molecule has 21 heavy (non-hydrogen) atoms. The quantitative estimate of drug-likeness (QED) is 0.890. The summed E-state index contributed by atoms with van der Waals surface area (Å²) in [6.45, 7) is 6.46. The number of hydrogen-bond donors (Lipinski definition) is 1. The Labute approximate surface area is 129 Å². The Morgan fingerprint density at radius 2 is 1.90 bits per heavy atom. The van der Waals surface area contributed by atoms with Gasteiger partial charge in [-0.15, -0.1) is 0 Å². The van der Waals surface area contributed by atoms with E-state index >= 15 is 0 Å². The van der Waals surface area contributed by atoms with Gasteiger partial charge in [0.15, 0.2) is 9.84 Å². The van der Waals surface area contributed by atoms with Gasteiger partial charge < -0.3 is 5.32 Å². The highest BCUT2D eigenvalue weighted by Gasteiger charge is 2.27. The van der Waals surface area contributed by atoms with Gasteiger partial charge in [-0.1, -0.05) is 32.9 Å². The lowest BCUT2D eigenvalue weighted by Crippen LogP contribution is -2.33. The maximum atomic E-state index is 12.4. The minimum Gasteiger partial charge on any atom is -0.381 e. The van der Waals surface area contributed by atoms with Gasteiger partial charge >= 0.3 is 0 Å². The molecular weight excluding hydrogens is 282 g/mol. The molecule has 1 aliphatic carbocycles. The van der Waals surface area contributed by atoms with Crippen LogP contribution in [-0.2, 0) is 9.84 Å². The van der Waals surface area contributed by atoms with Crippen LogP contribution >= 0.6 is 0 Å². The van der Waals surface area contributed by atoms with E-state index < -0.39 is 9.84 Å². The van der Waals surface area contributed by atoms with Gasteiger partial charge in [-0.05, 0) is 49.7 Å². The second-order valence-electron chi connectivity index (χ2n) is 6.46. The summed E-state index contributed by atoms with van der Waals surface area (Å²) in [5.41, 5.74) is 0.775. The molecule has 1 saturated carbocycles. The van der Waals surface area contributed by atoms with Crippen LogP contribution < -0.4 is 5.32 Å². The molecule has 0 heterocycles. The van der Waals surface area contributed by atoms with E-state index in [9.17, 15) is 8.42 Å². The molecule has 0 amide bonds. The number of benzene rings is 1. The van der Waals surface area contributed by atoms with E-state index in [0.29, 0.717) is 23.3 Å². The van der Waals surface area contributed by atoms with Gasteiger partial charge in [0.1, 0.15) is 0 Å². The van der Waals surface area contributed by atoms with Crippen LogP contribution in [0.2, 0.25) is 0 Å². The van der Waals surface area contributed by atoms with E-state index in [1.54, 1.807) is 12.1 Å². The van der Waals surface area contributed by atoms with Gasteiger partial charge in [-0.3, -0.25) is 0 Å². The summed E-state index contributed by atoms with van der Waals surface area (Å²) in [4.78, 5) is 0.456. The SMILES string of the molecule is CCCS(=O)(=O)c1ccccc1NC1CCC(C)CC1C. The third kappa shape index (κ3) is 4.00. The number of nitrogens with one attached hydrogen (secondary N) is 1. The zero-order chi connectivity index (χ0) is 15.5. The van der Waals surface area contributed by atoms with Gasteiger partial charge in [-0.25, -0.2) is 8.42 Å². The molecule has 2 rings (SSSR count). The molecule has 3 atom stereocenters. The molecule has 1 fully saturated rings. The maximum absolute atomic E-state index is 12.4. The number of hydrogen-bond acceptors (Lipinski definition) is 3. The first kappa shape index (κ1) is 16.3. The second kappa shape index (κ2) is 6.82. The molecule has 1 aromatic rings. The summed E-state index contributed by atoms with van der Waals surface area (Å²) in [6, 6.07) is 7.71. The normalized spacial score (nSPS) is 26.5. The lowest BCUT2D eigenvalue weighted by atomic mass is 9.80. The molecule has 3 unspecified atom stereocenters. The van der Waals surface area contributed by atoms with E-state index in [-0.39, 0.29) is 5.75 Å². The van der Waals surface area contributed by atoms with Crippen molar-refractivity contribution in [2.24, 2.45) is 11.8 Å². The molecule has 0 aliphatic heterocycles. The molecule has 118 valence electrons. The Hall–Kier alpha value is -1.03. The lowest BCUT2D eigenvalue weighted by Gasteiger charge is -2.34. The minimum absolute atomic E-state index is 0.211. The van der Waals surface area contributed by atoms with Crippen molar-refractivity contribution in [1.82, 2.24) is 0 Å². The van der Waals surface area contributed by atoms with Crippen molar-refractivity contribution in [2.45, 2.75) is 57.4 Å². The van der Waals surface area contributed by atoms with Crippen LogP contribution in [0.3, 0.4) is 0 Å². The van der Waals surface area contributed by atoms with E-state index in [1.807, 2.05) is 19.1 Å². The summed E-state index contributed by atoms with van der Waals surface area (Å²) in [6.07, 6.45) is 4.19. The fourth-order valence-electron chi connectivity index (χ4n) is 3.32. The Bertz CT molecular complexity index is 568. The molecule has 1 aliphatic rings. The standard InChI is InChI=1S/C17H27NO2S/c1-4-11-21(19,20)17-8-6-5-7-16(17)18-15-10-9-13(2)12-14(15)3/h5-8,13-15,18H,4,9-12H2,1-3H3. The van der Waals surface area contributed by atoms with Crippen molar-refractivity contribution >= 4 is 15.5 Å². The highest BCUT2D eigenvalue weighted by molar-refractivity contribution is 7.91. The number of para-hydroxylation sites is 1. The molecule has 0 aromatic heterocycles. The molecule has 1 aromatic carbocycles. The van der Waals surface area contributed by atoms with E-state index in [1.165, 1.54) is 12.8 Å². The Morgan fingerprint density at radius 1 is 1.19 bits per heavy atom. The van der Waals surface area contributed by atoms with Crippen molar-refractivity contribution in [3.8, 4) is 0 Å². The third-order valence-electron chi connectivity index (χ3n) is 4.47. The Balaban J connectivity index is 2.21. The topological polar surface area (TPSA) is 46.2 Å².